The highest BCUT2D eigenvalue weighted by atomic mass is 31.1. The van der Waals surface area contributed by atoms with Crippen LogP contribution in [-0.2, 0) is 13.6 Å². The first-order valence-electron chi connectivity index (χ1n) is 2.25. The van der Waals surface area contributed by atoms with Crippen molar-refractivity contribution in [3.63, 3.8) is 0 Å². The summed E-state index contributed by atoms with van der Waals surface area (Å²) in [5.74, 6) is 0. The number of hydrogen-bond acceptors (Lipinski definition) is 4. The van der Waals surface area contributed by atoms with Crippen molar-refractivity contribution in [1.82, 2.24) is 0 Å². The van der Waals surface area contributed by atoms with E-state index in [0.717, 1.165) is 6.26 Å². The topological polar surface area (TPSA) is 55.8 Å². The van der Waals surface area contributed by atoms with Crippen molar-refractivity contribution in [2.75, 3.05) is 13.7 Å². The molecule has 0 aliphatic heterocycles. The zero-order valence-corrected chi connectivity index (χ0v) is 5.88. The van der Waals surface area contributed by atoms with Gasteiger partial charge in [-0.2, -0.15) is 0 Å². The van der Waals surface area contributed by atoms with Gasteiger partial charge in [-0.3, -0.25) is 0 Å². The summed E-state index contributed by atoms with van der Waals surface area (Å²) in [6.07, 6.45) is 2.44. The molecular weight excluding hydrogens is 143 g/mol. The lowest BCUT2D eigenvalue weighted by Gasteiger charge is -1.76. The Bertz CT molecular complexity index is 111. The van der Waals surface area contributed by atoms with Crippen LogP contribution in [0.4, 0.5) is 0 Å². The van der Waals surface area contributed by atoms with E-state index in [1.54, 1.807) is 0 Å². The van der Waals surface area contributed by atoms with Gasteiger partial charge in [-0.05, 0) is 6.08 Å². The highest BCUT2D eigenvalue weighted by Crippen LogP contribution is 2.21. The molecule has 1 atom stereocenters. The van der Waals surface area contributed by atoms with Crippen molar-refractivity contribution >= 4 is 8.25 Å². The van der Waals surface area contributed by atoms with E-state index in [0.29, 0.717) is 0 Å². The van der Waals surface area contributed by atoms with Crippen LogP contribution in [-0.4, -0.2) is 18.8 Å². The van der Waals surface area contributed by atoms with Gasteiger partial charge >= 0.3 is 8.25 Å². The lowest BCUT2D eigenvalue weighted by atomic mass is 10.7. The minimum atomic E-state index is -2.04. The maximum Gasteiger partial charge on any atom is 0.749 e. The van der Waals surface area contributed by atoms with E-state index in [2.05, 4.69) is 9.05 Å². The van der Waals surface area contributed by atoms with Crippen molar-refractivity contribution < 1.29 is 18.7 Å². The summed E-state index contributed by atoms with van der Waals surface area (Å²) in [7, 11) is -0.769. The minimum absolute atomic E-state index is 0.132. The summed E-state index contributed by atoms with van der Waals surface area (Å²) in [5, 5.41) is 8.15. The molecule has 0 aromatic heterocycles. The maximum atomic E-state index is 10.3. The molecule has 0 heterocycles. The van der Waals surface area contributed by atoms with Crippen molar-refractivity contribution in [1.29, 1.82) is 0 Å². The lowest BCUT2D eigenvalue weighted by Crippen LogP contribution is -1.73. The summed E-state index contributed by atoms with van der Waals surface area (Å²) in [6.45, 7) is -0.132. The van der Waals surface area contributed by atoms with Crippen LogP contribution < -0.4 is 0 Å². The molecule has 0 bridgehead atoms. The Morgan fingerprint density at radius 3 is 2.89 bits per heavy atom. The molecule has 0 amide bonds. The zero-order valence-electron chi connectivity index (χ0n) is 4.98. The first-order valence-corrected chi connectivity index (χ1v) is 3.34. The van der Waals surface area contributed by atoms with Gasteiger partial charge in [0.2, 0.25) is 0 Å². The predicted octanol–water partition coefficient (Wildman–Crippen LogP) is 0.813. The number of hydrogen-bond donors (Lipinski definition) is 1. The standard InChI is InChI=1S/C4H8O4P/c1-7-9(6)8-4-2-3-5/h2,4-5H,3H2,1H3/q+1. The van der Waals surface area contributed by atoms with E-state index < -0.39 is 8.25 Å². The molecular formula is C4H8O4P+. The molecule has 0 saturated heterocycles. The van der Waals surface area contributed by atoms with Crippen LogP contribution in [0.2, 0.25) is 0 Å². The smallest absolute Gasteiger partial charge is 0.392 e. The fourth-order valence-electron chi connectivity index (χ4n) is 0.179. The molecule has 0 rings (SSSR count). The van der Waals surface area contributed by atoms with Crippen molar-refractivity contribution in [3.8, 4) is 0 Å². The number of aliphatic hydroxyl groups is 1. The first kappa shape index (κ1) is 8.56. The molecule has 0 aliphatic carbocycles. The summed E-state index contributed by atoms with van der Waals surface area (Å²) in [6, 6.07) is 0. The fourth-order valence-corrected chi connectivity index (χ4v) is 0.450. The Morgan fingerprint density at radius 1 is 1.78 bits per heavy atom. The number of aliphatic hydroxyl groups excluding tert-OH is 1. The van der Waals surface area contributed by atoms with Crippen LogP contribution in [0.3, 0.4) is 0 Å². The Kier molecular flexibility index (Phi) is 5.41. The van der Waals surface area contributed by atoms with Crippen LogP contribution >= 0.6 is 8.25 Å². The molecule has 0 aromatic carbocycles. The molecule has 1 N–H and O–H groups in total. The van der Waals surface area contributed by atoms with Gasteiger partial charge in [-0.25, -0.2) is 4.52 Å². The number of rotatable bonds is 4. The van der Waals surface area contributed by atoms with E-state index in [1.165, 1.54) is 13.2 Å². The second kappa shape index (κ2) is 5.69. The van der Waals surface area contributed by atoms with Crippen LogP contribution in [0.5, 0.6) is 0 Å². The molecule has 0 aliphatic rings. The van der Waals surface area contributed by atoms with E-state index >= 15 is 0 Å². The Labute approximate surface area is 54.0 Å². The molecule has 5 heteroatoms. The van der Waals surface area contributed by atoms with Gasteiger partial charge in [0, 0.05) is 4.57 Å². The second-order valence-electron chi connectivity index (χ2n) is 1.07. The SMILES string of the molecule is CO[P+](=O)OC=CCO. The Morgan fingerprint density at radius 2 is 2.44 bits per heavy atom. The molecule has 0 aromatic rings. The molecule has 0 spiro atoms. The van der Waals surface area contributed by atoms with Gasteiger partial charge in [0.1, 0.15) is 0 Å². The molecule has 1 unspecified atom stereocenters. The zero-order chi connectivity index (χ0) is 7.11. The summed E-state index contributed by atoms with van der Waals surface area (Å²) < 4.78 is 18.9. The van der Waals surface area contributed by atoms with Gasteiger partial charge in [0.25, 0.3) is 0 Å². The molecule has 4 nitrogen and oxygen atoms in total. The maximum absolute atomic E-state index is 10.3. The lowest BCUT2D eigenvalue weighted by molar-refractivity contribution is 0.317. The summed E-state index contributed by atoms with van der Waals surface area (Å²) >= 11 is 0. The van der Waals surface area contributed by atoms with Crippen molar-refractivity contribution in [2.45, 2.75) is 0 Å². The fraction of sp³-hybridized carbons (Fsp3) is 0.500. The molecule has 0 fully saturated rings. The Hall–Kier alpha value is -0.440. The van der Waals surface area contributed by atoms with Gasteiger partial charge in [0.05, 0.1) is 13.7 Å². The first-order chi connectivity index (χ1) is 4.31. The molecule has 0 radical (unpaired) electrons. The van der Waals surface area contributed by atoms with Crippen LogP contribution in [0.15, 0.2) is 12.3 Å². The van der Waals surface area contributed by atoms with Crippen LogP contribution in [0.25, 0.3) is 0 Å². The summed E-state index contributed by atoms with van der Waals surface area (Å²) in [4.78, 5) is 0. The molecule has 52 valence electrons. The van der Waals surface area contributed by atoms with E-state index in [9.17, 15) is 4.57 Å². The van der Waals surface area contributed by atoms with Gasteiger partial charge in [-0.1, -0.05) is 0 Å². The van der Waals surface area contributed by atoms with Crippen molar-refractivity contribution in [3.05, 3.63) is 12.3 Å². The quantitative estimate of drug-likeness (QED) is 0.477. The minimum Gasteiger partial charge on any atom is -0.392 e. The monoisotopic (exact) mass is 151 g/mol. The third-order valence-corrected chi connectivity index (χ3v) is 1.09. The van der Waals surface area contributed by atoms with Gasteiger partial charge < -0.3 is 5.11 Å². The normalized spacial score (nSPS) is 12.0. The average Bonchev–Trinajstić information content (AvgIpc) is 1.89. The molecule has 0 saturated carbocycles. The third-order valence-electron chi connectivity index (χ3n) is 0.498. The van der Waals surface area contributed by atoms with E-state index in [1.807, 2.05) is 0 Å². The third kappa shape index (κ3) is 5.43. The predicted molar refractivity (Wildman–Crippen MR) is 31.9 cm³/mol. The molecule has 9 heavy (non-hydrogen) atoms. The van der Waals surface area contributed by atoms with Gasteiger partial charge in [0.15, 0.2) is 6.26 Å². The van der Waals surface area contributed by atoms with Crippen LogP contribution in [0.1, 0.15) is 0 Å². The average molecular weight is 151 g/mol. The highest BCUT2D eigenvalue weighted by Gasteiger charge is 2.13. The summed E-state index contributed by atoms with van der Waals surface area (Å²) in [5.41, 5.74) is 0. The van der Waals surface area contributed by atoms with Crippen molar-refractivity contribution in [2.24, 2.45) is 0 Å². The highest BCUT2D eigenvalue weighted by molar-refractivity contribution is 7.33. The van der Waals surface area contributed by atoms with Crippen LogP contribution in [0, 0.1) is 0 Å². The van der Waals surface area contributed by atoms with Gasteiger partial charge in [-0.15, -0.1) is 4.52 Å². The van der Waals surface area contributed by atoms with E-state index in [4.69, 9.17) is 5.11 Å². The Balaban J connectivity index is 3.26. The second-order valence-corrected chi connectivity index (χ2v) is 2.09. The largest absolute Gasteiger partial charge is 0.749 e. The van der Waals surface area contributed by atoms with E-state index in [-0.39, 0.29) is 6.61 Å².